The van der Waals surface area contributed by atoms with E-state index < -0.39 is 0 Å². The van der Waals surface area contributed by atoms with Crippen molar-refractivity contribution in [2.75, 3.05) is 0 Å². The SMILES string of the molecule is CC(C)OC(=O)C(Br)CCCCCCCCCCC(Br)C(=O)OC(C)C. The summed E-state index contributed by atoms with van der Waals surface area (Å²) < 4.78 is 10.4. The summed E-state index contributed by atoms with van der Waals surface area (Å²) in [6.45, 7) is 7.47. The number of carbonyl (C=O) groups is 2. The molecule has 6 heteroatoms. The summed E-state index contributed by atoms with van der Waals surface area (Å²) in [4.78, 5) is 23.0. The number of hydrogen-bond donors (Lipinski definition) is 0. The van der Waals surface area contributed by atoms with Crippen LogP contribution in [0, 0.1) is 0 Å². The van der Waals surface area contributed by atoms with Crippen LogP contribution in [0.15, 0.2) is 0 Å². The van der Waals surface area contributed by atoms with Crippen LogP contribution in [0.2, 0.25) is 0 Å². The highest BCUT2D eigenvalue weighted by Crippen LogP contribution is 2.17. The van der Waals surface area contributed by atoms with Gasteiger partial charge in [-0.1, -0.05) is 83.2 Å². The fourth-order valence-corrected chi connectivity index (χ4v) is 3.42. The zero-order valence-corrected chi connectivity index (χ0v) is 19.9. The number of unbranched alkanes of at least 4 members (excludes halogenated alkanes) is 7. The molecule has 0 aromatic carbocycles. The van der Waals surface area contributed by atoms with Crippen LogP contribution in [-0.2, 0) is 19.1 Å². The molecule has 0 rings (SSSR count). The van der Waals surface area contributed by atoms with Crippen molar-refractivity contribution in [2.24, 2.45) is 0 Å². The number of carbonyl (C=O) groups excluding carboxylic acids is 2. The maximum Gasteiger partial charge on any atom is 0.319 e. The van der Waals surface area contributed by atoms with E-state index in [9.17, 15) is 9.59 Å². The van der Waals surface area contributed by atoms with Gasteiger partial charge in [0.15, 0.2) is 0 Å². The van der Waals surface area contributed by atoms with Crippen LogP contribution in [0.1, 0.15) is 91.9 Å². The largest absolute Gasteiger partial charge is 0.462 e. The lowest BCUT2D eigenvalue weighted by atomic mass is 10.1. The van der Waals surface area contributed by atoms with Crippen molar-refractivity contribution in [1.82, 2.24) is 0 Å². The second-order valence-electron chi connectivity index (χ2n) is 7.31. The van der Waals surface area contributed by atoms with Crippen LogP contribution >= 0.6 is 31.9 Å². The molecule has 0 amide bonds. The Morgan fingerprint density at radius 2 is 0.885 bits per heavy atom. The molecule has 0 fully saturated rings. The van der Waals surface area contributed by atoms with Gasteiger partial charge in [0.25, 0.3) is 0 Å². The Hall–Kier alpha value is -0.100. The van der Waals surface area contributed by atoms with Gasteiger partial charge in [-0.25, -0.2) is 0 Å². The molecule has 154 valence electrons. The third-order valence-corrected chi connectivity index (χ3v) is 5.54. The molecule has 0 aliphatic heterocycles. The minimum atomic E-state index is -0.176. The van der Waals surface area contributed by atoms with Crippen LogP contribution in [0.25, 0.3) is 0 Å². The van der Waals surface area contributed by atoms with Crippen molar-refractivity contribution >= 4 is 43.8 Å². The first-order valence-electron chi connectivity index (χ1n) is 9.93. The van der Waals surface area contributed by atoms with Crippen LogP contribution in [0.4, 0.5) is 0 Å². The molecule has 0 aliphatic rings. The van der Waals surface area contributed by atoms with Gasteiger partial charge >= 0.3 is 11.9 Å². The zero-order valence-electron chi connectivity index (χ0n) is 16.8. The predicted octanol–water partition coefficient (Wildman–Crippen LogP) is 6.32. The molecule has 2 atom stereocenters. The minimum Gasteiger partial charge on any atom is -0.462 e. The molecule has 0 aromatic heterocycles. The van der Waals surface area contributed by atoms with E-state index in [0.29, 0.717) is 0 Å². The van der Waals surface area contributed by atoms with Crippen molar-refractivity contribution in [3.8, 4) is 0 Å². The lowest BCUT2D eigenvalue weighted by Crippen LogP contribution is -2.21. The molecule has 0 N–H and O–H groups in total. The van der Waals surface area contributed by atoms with Crippen LogP contribution in [0.3, 0.4) is 0 Å². The quantitative estimate of drug-likeness (QED) is 0.150. The van der Waals surface area contributed by atoms with Crippen LogP contribution in [-0.4, -0.2) is 33.8 Å². The van der Waals surface area contributed by atoms with Crippen molar-refractivity contribution in [1.29, 1.82) is 0 Å². The molecule has 4 nitrogen and oxygen atoms in total. The van der Waals surface area contributed by atoms with Crippen LogP contribution < -0.4 is 0 Å². The smallest absolute Gasteiger partial charge is 0.319 e. The second kappa shape index (κ2) is 15.9. The molecular formula is C20H36Br2O4. The average molecular weight is 500 g/mol. The summed E-state index contributed by atoms with van der Waals surface area (Å²) in [7, 11) is 0. The third-order valence-electron chi connectivity index (χ3n) is 3.88. The first-order valence-corrected chi connectivity index (χ1v) is 11.8. The topological polar surface area (TPSA) is 52.6 Å². The predicted molar refractivity (Wildman–Crippen MR) is 114 cm³/mol. The van der Waals surface area contributed by atoms with Gasteiger partial charge in [-0.15, -0.1) is 0 Å². The van der Waals surface area contributed by atoms with Gasteiger partial charge < -0.3 is 9.47 Å². The Bertz CT molecular complexity index is 350. The fraction of sp³-hybridized carbons (Fsp3) is 0.900. The molecule has 0 radical (unpaired) electrons. The van der Waals surface area contributed by atoms with E-state index in [-0.39, 0.29) is 33.8 Å². The standard InChI is InChI=1S/C20H36Br2O4/c1-15(2)25-19(23)17(21)13-11-9-7-5-6-8-10-12-14-18(22)20(24)26-16(3)4/h15-18H,5-14H2,1-4H3. The average Bonchev–Trinajstić information content (AvgIpc) is 2.54. The van der Waals surface area contributed by atoms with E-state index in [1.165, 1.54) is 25.7 Å². The summed E-state index contributed by atoms with van der Waals surface area (Å²) >= 11 is 6.81. The molecule has 0 saturated heterocycles. The number of ether oxygens (including phenoxy) is 2. The maximum absolute atomic E-state index is 11.7. The molecule has 26 heavy (non-hydrogen) atoms. The molecule has 0 spiro atoms. The van der Waals surface area contributed by atoms with Crippen molar-refractivity contribution in [2.45, 2.75) is 114 Å². The summed E-state index contributed by atoms with van der Waals surface area (Å²) in [5, 5.41) is 0. The summed E-state index contributed by atoms with van der Waals surface area (Å²) in [5.74, 6) is -0.301. The normalized spacial score (nSPS) is 13.7. The summed E-state index contributed by atoms with van der Waals surface area (Å²) in [5.41, 5.74) is 0. The fourth-order valence-electron chi connectivity index (χ4n) is 2.56. The molecule has 2 unspecified atom stereocenters. The van der Waals surface area contributed by atoms with Gasteiger partial charge in [-0.3, -0.25) is 9.59 Å². The van der Waals surface area contributed by atoms with E-state index in [1.54, 1.807) is 0 Å². The lowest BCUT2D eigenvalue weighted by Gasteiger charge is -2.12. The first-order chi connectivity index (χ1) is 12.2. The number of rotatable bonds is 15. The zero-order chi connectivity index (χ0) is 19.9. The number of esters is 2. The minimum absolute atomic E-state index is 0.0526. The molecule has 0 bridgehead atoms. The van der Waals surface area contributed by atoms with Gasteiger partial charge in [0.2, 0.25) is 0 Å². The van der Waals surface area contributed by atoms with E-state index >= 15 is 0 Å². The molecule has 0 aliphatic carbocycles. The van der Waals surface area contributed by atoms with E-state index in [2.05, 4.69) is 31.9 Å². The monoisotopic (exact) mass is 498 g/mol. The molecular weight excluding hydrogens is 464 g/mol. The number of alkyl halides is 2. The van der Waals surface area contributed by atoms with Gasteiger partial charge in [0.1, 0.15) is 9.65 Å². The van der Waals surface area contributed by atoms with Crippen LogP contribution in [0.5, 0.6) is 0 Å². The van der Waals surface area contributed by atoms with Gasteiger partial charge in [0.05, 0.1) is 12.2 Å². The summed E-state index contributed by atoms with van der Waals surface area (Å²) in [6.07, 6.45) is 10.9. The highest BCUT2D eigenvalue weighted by molar-refractivity contribution is 9.10. The molecule has 0 aromatic rings. The highest BCUT2D eigenvalue weighted by atomic mass is 79.9. The highest BCUT2D eigenvalue weighted by Gasteiger charge is 2.17. The molecule has 0 saturated carbocycles. The Kier molecular flexibility index (Phi) is 15.8. The molecule has 0 heterocycles. The van der Waals surface area contributed by atoms with E-state index in [0.717, 1.165) is 38.5 Å². The lowest BCUT2D eigenvalue weighted by molar-refractivity contribution is -0.147. The van der Waals surface area contributed by atoms with Gasteiger partial charge in [-0.05, 0) is 40.5 Å². The second-order valence-corrected chi connectivity index (χ2v) is 9.52. The maximum atomic E-state index is 11.7. The number of halogens is 2. The van der Waals surface area contributed by atoms with Crippen molar-refractivity contribution < 1.29 is 19.1 Å². The van der Waals surface area contributed by atoms with Gasteiger partial charge in [0, 0.05) is 0 Å². The van der Waals surface area contributed by atoms with E-state index in [4.69, 9.17) is 9.47 Å². The number of hydrogen-bond acceptors (Lipinski definition) is 4. The Morgan fingerprint density at radius 3 is 1.15 bits per heavy atom. The Balaban J connectivity index is 3.46. The van der Waals surface area contributed by atoms with Crippen molar-refractivity contribution in [3.63, 3.8) is 0 Å². The third kappa shape index (κ3) is 15.0. The Morgan fingerprint density at radius 1 is 0.615 bits per heavy atom. The van der Waals surface area contributed by atoms with Gasteiger partial charge in [-0.2, -0.15) is 0 Å². The van der Waals surface area contributed by atoms with E-state index in [1.807, 2.05) is 27.7 Å². The Labute approximate surface area is 176 Å². The summed E-state index contributed by atoms with van der Waals surface area (Å²) in [6, 6.07) is 0. The first kappa shape index (κ1) is 25.9. The van der Waals surface area contributed by atoms with Crippen molar-refractivity contribution in [3.05, 3.63) is 0 Å².